The largest absolute Gasteiger partial charge is 0.384 e. The second-order valence-corrected chi connectivity index (χ2v) is 6.25. The summed E-state index contributed by atoms with van der Waals surface area (Å²) in [5.41, 5.74) is 1.54. The van der Waals surface area contributed by atoms with Gasteiger partial charge in [0.1, 0.15) is 0 Å². The molecule has 1 aromatic rings. The van der Waals surface area contributed by atoms with Gasteiger partial charge in [0, 0.05) is 43.9 Å². The molecular formula is C16H26N2O. The van der Waals surface area contributed by atoms with E-state index in [0.717, 1.165) is 26.2 Å². The lowest BCUT2D eigenvalue weighted by Crippen LogP contribution is -2.40. The number of hydrogen-bond donors (Lipinski definition) is 1. The van der Waals surface area contributed by atoms with E-state index in [2.05, 4.69) is 54.4 Å². The number of methoxy groups -OCH3 is 1. The summed E-state index contributed by atoms with van der Waals surface area (Å²) in [4.78, 5) is 2.46. The zero-order chi connectivity index (χ0) is 13.7. The van der Waals surface area contributed by atoms with E-state index in [1.165, 1.54) is 12.1 Å². The highest BCUT2D eigenvalue weighted by Crippen LogP contribution is 2.21. The van der Waals surface area contributed by atoms with Crippen LogP contribution >= 0.6 is 0 Å². The third kappa shape index (κ3) is 4.22. The van der Waals surface area contributed by atoms with E-state index in [4.69, 9.17) is 4.74 Å². The third-order valence-corrected chi connectivity index (χ3v) is 3.71. The van der Waals surface area contributed by atoms with Gasteiger partial charge in [0.25, 0.3) is 0 Å². The molecule has 0 radical (unpaired) electrons. The van der Waals surface area contributed by atoms with Gasteiger partial charge >= 0.3 is 0 Å². The summed E-state index contributed by atoms with van der Waals surface area (Å²) in [6, 6.07) is 11.3. The molecule has 106 valence electrons. The van der Waals surface area contributed by atoms with Crippen LogP contribution in [0, 0.1) is 5.41 Å². The number of anilines is 1. The Morgan fingerprint density at radius 1 is 1.32 bits per heavy atom. The Morgan fingerprint density at radius 2 is 2.05 bits per heavy atom. The van der Waals surface area contributed by atoms with Crippen LogP contribution in [0.2, 0.25) is 0 Å². The van der Waals surface area contributed by atoms with Gasteiger partial charge in [-0.15, -0.1) is 0 Å². The standard InChI is InChI=1S/C16H26N2O/c1-16(2,13-19-3)12-17-14-9-10-18(11-14)15-7-5-4-6-8-15/h4-8,14,17H,9-13H2,1-3H3. The van der Waals surface area contributed by atoms with Crippen molar-refractivity contribution in [1.82, 2.24) is 5.32 Å². The predicted molar refractivity (Wildman–Crippen MR) is 80.7 cm³/mol. The molecule has 3 heteroatoms. The fourth-order valence-electron chi connectivity index (χ4n) is 2.66. The highest BCUT2D eigenvalue weighted by Gasteiger charge is 2.25. The molecular weight excluding hydrogens is 236 g/mol. The van der Waals surface area contributed by atoms with Crippen molar-refractivity contribution in [2.45, 2.75) is 26.3 Å². The second kappa shape index (κ2) is 6.40. The molecule has 1 aromatic carbocycles. The summed E-state index contributed by atoms with van der Waals surface area (Å²) in [5, 5.41) is 3.68. The van der Waals surface area contributed by atoms with Crippen molar-refractivity contribution in [2.75, 3.05) is 38.3 Å². The van der Waals surface area contributed by atoms with E-state index in [-0.39, 0.29) is 5.41 Å². The lowest BCUT2D eigenvalue weighted by molar-refractivity contribution is 0.102. The zero-order valence-corrected chi connectivity index (χ0v) is 12.4. The van der Waals surface area contributed by atoms with Crippen LogP contribution in [0.5, 0.6) is 0 Å². The Kier molecular flexibility index (Phi) is 4.83. The second-order valence-electron chi connectivity index (χ2n) is 6.25. The summed E-state index contributed by atoms with van der Waals surface area (Å²) in [5.74, 6) is 0. The van der Waals surface area contributed by atoms with Gasteiger partial charge in [0.15, 0.2) is 0 Å². The van der Waals surface area contributed by atoms with Crippen LogP contribution in [-0.4, -0.2) is 39.4 Å². The lowest BCUT2D eigenvalue weighted by Gasteiger charge is -2.26. The molecule has 1 heterocycles. The molecule has 1 aliphatic rings. The average molecular weight is 262 g/mol. The minimum atomic E-state index is 0.203. The highest BCUT2D eigenvalue weighted by atomic mass is 16.5. The van der Waals surface area contributed by atoms with Gasteiger partial charge in [-0.3, -0.25) is 0 Å². The number of nitrogens with one attached hydrogen (secondary N) is 1. The smallest absolute Gasteiger partial charge is 0.0525 e. The first-order valence-corrected chi connectivity index (χ1v) is 7.13. The molecule has 1 aliphatic heterocycles. The van der Waals surface area contributed by atoms with Crippen LogP contribution in [0.1, 0.15) is 20.3 Å². The number of rotatable bonds is 6. The minimum Gasteiger partial charge on any atom is -0.384 e. The Bertz CT molecular complexity index is 378. The van der Waals surface area contributed by atoms with Gasteiger partial charge in [-0.2, -0.15) is 0 Å². The maximum absolute atomic E-state index is 5.26. The molecule has 1 saturated heterocycles. The van der Waals surface area contributed by atoms with Crippen LogP contribution in [0.3, 0.4) is 0 Å². The zero-order valence-electron chi connectivity index (χ0n) is 12.4. The van der Waals surface area contributed by atoms with Crippen LogP contribution in [0.25, 0.3) is 0 Å². The summed E-state index contributed by atoms with van der Waals surface area (Å²) in [6.07, 6.45) is 1.22. The fourth-order valence-corrected chi connectivity index (χ4v) is 2.66. The number of benzene rings is 1. The van der Waals surface area contributed by atoms with Crippen LogP contribution < -0.4 is 10.2 Å². The van der Waals surface area contributed by atoms with Gasteiger partial charge in [0.2, 0.25) is 0 Å². The first-order chi connectivity index (χ1) is 9.11. The average Bonchev–Trinajstić information content (AvgIpc) is 2.86. The monoisotopic (exact) mass is 262 g/mol. The van der Waals surface area contributed by atoms with Crippen LogP contribution in [-0.2, 0) is 4.74 Å². The SMILES string of the molecule is COCC(C)(C)CNC1CCN(c2ccccc2)C1. The topological polar surface area (TPSA) is 24.5 Å². The number of nitrogens with zero attached hydrogens (tertiary/aromatic N) is 1. The van der Waals surface area contributed by atoms with Gasteiger partial charge in [-0.05, 0) is 18.6 Å². The Labute approximate surface area is 116 Å². The summed E-state index contributed by atoms with van der Waals surface area (Å²) in [6.45, 7) is 8.55. The summed E-state index contributed by atoms with van der Waals surface area (Å²) in [7, 11) is 1.77. The van der Waals surface area contributed by atoms with Crippen molar-refractivity contribution in [2.24, 2.45) is 5.41 Å². The van der Waals surface area contributed by atoms with Crippen molar-refractivity contribution in [3.63, 3.8) is 0 Å². The molecule has 1 unspecified atom stereocenters. The maximum atomic E-state index is 5.26. The molecule has 19 heavy (non-hydrogen) atoms. The molecule has 0 spiro atoms. The predicted octanol–water partition coefficient (Wildman–Crippen LogP) is 2.53. The van der Waals surface area contributed by atoms with E-state index < -0.39 is 0 Å². The van der Waals surface area contributed by atoms with Crippen molar-refractivity contribution in [1.29, 1.82) is 0 Å². The summed E-state index contributed by atoms with van der Waals surface area (Å²) >= 11 is 0. The highest BCUT2D eigenvalue weighted by molar-refractivity contribution is 5.47. The number of para-hydroxylation sites is 1. The van der Waals surface area contributed by atoms with Gasteiger partial charge in [-0.25, -0.2) is 0 Å². The third-order valence-electron chi connectivity index (χ3n) is 3.71. The summed E-state index contributed by atoms with van der Waals surface area (Å²) < 4.78 is 5.26. The first kappa shape index (κ1) is 14.4. The first-order valence-electron chi connectivity index (χ1n) is 7.13. The van der Waals surface area contributed by atoms with E-state index in [0.29, 0.717) is 6.04 Å². The van der Waals surface area contributed by atoms with Crippen molar-refractivity contribution >= 4 is 5.69 Å². The number of ether oxygens (including phenoxy) is 1. The van der Waals surface area contributed by atoms with Gasteiger partial charge in [-0.1, -0.05) is 32.0 Å². The van der Waals surface area contributed by atoms with Crippen molar-refractivity contribution in [3.05, 3.63) is 30.3 Å². The molecule has 2 rings (SSSR count). The molecule has 0 amide bonds. The maximum Gasteiger partial charge on any atom is 0.0525 e. The Hall–Kier alpha value is -1.06. The van der Waals surface area contributed by atoms with Crippen molar-refractivity contribution in [3.8, 4) is 0 Å². The quantitative estimate of drug-likeness (QED) is 0.852. The Morgan fingerprint density at radius 3 is 2.74 bits per heavy atom. The lowest BCUT2D eigenvalue weighted by atomic mass is 9.94. The van der Waals surface area contributed by atoms with Gasteiger partial charge < -0.3 is 15.0 Å². The normalized spacial score (nSPS) is 19.9. The van der Waals surface area contributed by atoms with Crippen LogP contribution in [0.15, 0.2) is 30.3 Å². The van der Waals surface area contributed by atoms with E-state index in [9.17, 15) is 0 Å². The molecule has 0 aliphatic carbocycles. The molecule has 0 aromatic heterocycles. The van der Waals surface area contributed by atoms with E-state index in [1.807, 2.05) is 0 Å². The Balaban J connectivity index is 1.80. The molecule has 3 nitrogen and oxygen atoms in total. The van der Waals surface area contributed by atoms with Crippen LogP contribution in [0.4, 0.5) is 5.69 Å². The van der Waals surface area contributed by atoms with Gasteiger partial charge in [0.05, 0.1) is 6.61 Å². The molecule has 1 atom stereocenters. The molecule has 0 saturated carbocycles. The molecule has 0 bridgehead atoms. The number of hydrogen-bond acceptors (Lipinski definition) is 3. The van der Waals surface area contributed by atoms with Crippen molar-refractivity contribution < 1.29 is 4.74 Å². The van der Waals surface area contributed by atoms with E-state index >= 15 is 0 Å². The fraction of sp³-hybridized carbons (Fsp3) is 0.625. The van der Waals surface area contributed by atoms with E-state index in [1.54, 1.807) is 7.11 Å². The molecule has 1 N–H and O–H groups in total. The minimum absolute atomic E-state index is 0.203. The molecule has 1 fully saturated rings.